The minimum atomic E-state index is 0.899. The van der Waals surface area contributed by atoms with Crippen LogP contribution in [0.2, 0.25) is 0 Å². The SMILES string of the molecule is c1ccc(-c2cccc(N(c3ccc(-c4cccc5ccccc45)cc3)c3ccc(-c4cccc5c4oc4cc6ccccc6cc45)cc3-c3ccccc3)c2)cc1. The predicted molar refractivity (Wildman–Crippen MR) is 245 cm³/mol. The van der Waals surface area contributed by atoms with Crippen LogP contribution < -0.4 is 4.90 Å². The van der Waals surface area contributed by atoms with Crippen LogP contribution in [-0.4, -0.2) is 0 Å². The van der Waals surface area contributed by atoms with Crippen molar-refractivity contribution in [3.63, 3.8) is 0 Å². The molecule has 11 aromatic rings. The average molecular weight is 740 g/mol. The van der Waals surface area contributed by atoms with Crippen molar-refractivity contribution in [2.24, 2.45) is 0 Å². The van der Waals surface area contributed by atoms with Gasteiger partial charge in [0.25, 0.3) is 0 Å². The summed E-state index contributed by atoms with van der Waals surface area (Å²) in [5, 5.41) is 7.12. The Labute approximate surface area is 337 Å². The first-order valence-corrected chi connectivity index (χ1v) is 19.8. The quantitative estimate of drug-likeness (QED) is 0.162. The maximum atomic E-state index is 6.73. The molecule has 1 aromatic heterocycles. The molecule has 272 valence electrons. The van der Waals surface area contributed by atoms with E-state index in [0.717, 1.165) is 66.8 Å². The molecule has 0 atom stereocenters. The van der Waals surface area contributed by atoms with E-state index in [0.29, 0.717) is 0 Å². The molecular formula is C56H37NO. The molecule has 58 heavy (non-hydrogen) atoms. The fourth-order valence-corrected chi connectivity index (χ4v) is 8.61. The Hall–Kier alpha value is -7.68. The molecule has 0 aliphatic heterocycles. The third-order valence-electron chi connectivity index (χ3n) is 11.4. The Kier molecular flexibility index (Phi) is 8.19. The molecule has 2 heteroatoms. The fourth-order valence-electron chi connectivity index (χ4n) is 8.61. The van der Waals surface area contributed by atoms with Crippen LogP contribution in [0.1, 0.15) is 0 Å². The van der Waals surface area contributed by atoms with Crippen molar-refractivity contribution in [1.82, 2.24) is 0 Å². The number of rotatable bonds is 7. The third-order valence-corrected chi connectivity index (χ3v) is 11.4. The van der Waals surface area contributed by atoms with E-state index in [2.05, 4.69) is 229 Å². The van der Waals surface area contributed by atoms with Crippen LogP contribution in [-0.2, 0) is 0 Å². The Morgan fingerprint density at radius 2 is 0.879 bits per heavy atom. The van der Waals surface area contributed by atoms with Gasteiger partial charge >= 0.3 is 0 Å². The van der Waals surface area contributed by atoms with Gasteiger partial charge in [-0.2, -0.15) is 0 Å². The molecule has 1 heterocycles. The van der Waals surface area contributed by atoms with Crippen molar-refractivity contribution in [3.8, 4) is 44.5 Å². The monoisotopic (exact) mass is 739 g/mol. The lowest BCUT2D eigenvalue weighted by molar-refractivity contribution is 0.670. The normalized spacial score (nSPS) is 11.4. The molecule has 0 spiro atoms. The molecule has 0 unspecified atom stereocenters. The Morgan fingerprint density at radius 1 is 0.293 bits per heavy atom. The molecule has 10 aromatic carbocycles. The zero-order valence-corrected chi connectivity index (χ0v) is 31.7. The second-order valence-corrected chi connectivity index (χ2v) is 14.9. The second-order valence-electron chi connectivity index (χ2n) is 14.9. The molecule has 0 saturated carbocycles. The summed E-state index contributed by atoms with van der Waals surface area (Å²) < 4.78 is 6.73. The zero-order chi connectivity index (χ0) is 38.4. The van der Waals surface area contributed by atoms with Crippen molar-refractivity contribution in [2.75, 3.05) is 4.90 Å². The minimum Gasteiger partial charge on any atom is -0.455 e. The topological polar surface area (TPSA) is 16.4 Å². The Balaban J connectivity index is 1.10. The first kappa shape index (κ1) is 33.6. The zero-order valence-electron chi connectivity index (χ0n) is 31.7. The summed E-state index contributed by atoms with van der Waals surface area (Å²) in [5.74, 6) is 0. The van der Waals surface area contributed by atoms with Gasteiger partial charge in [-0.3, -0.25) is 0 Å². The van der Waals surface area contributed by atoms with Gasteiger partial charge < -0.3 is 9.32 Å². The maximum Gasteiger partial charge on any atom is 0.143 e. The molecule has 0 N–H and O–H groups in total. The van der Waals surface area contributed by atoms with Gasteiger partial charge in [0.05, 0.1) is 5.69 Å². The van der Waals surface area contributed by atoms with Gasteiger partial charge in [0, 0.05) is 33.3 Å². The summed E-state index contributed by atoms with van der Waals surface area (Å²) in [4.78, 5) is 2.40. The first-order chi connectivity index (χ1) is 28.7. The summed E-state index contributed by atoms with van der Waals surface area (Å²) in [6.07, 6.45) is 0. The Bertz CT molecular complexity index is 3270. The van der Waals surface area contributed by atoms with Crippen LogP contribution >= 0.6 is 0 Å². The highest BCUT2D eigenvalue weighted by atomic mass is 16.3. The number of para-hydroxylation sites is 1. The summed E-state index contributed by atoms with van der Waals surface area (Å²) in [5.41, 5.74) is 14.2. The molecular weight excluding hydrogens is 703 g/mol. The standard InChI is InChI=1S/C56H37NO/c1-3-14-38(15-4-1)42-22-11-23-47(34-42)57(46-31-28-41(29-32-46)49-25-12-21-39-18-9-10-24-48(39)49)54-33-30-45(36-52(54)40-16-5-2-6-17-40)50-26-13-27-51-53-35-43-19-7-8-20-44(43)37-55(53)58-56(50)51/h1-37H. The highest BCUT2D eigenvalue weighted by Gasteiger charge is 2.21. The smallest absolute Gasteiger partial charge is 0.143 e. The molecule has 0 bridgehead atoms. The largest absolute Gasteiger partial charge is 0.455 e. The molecule has 0 aliphatic rings. The summed E-state index contributed by atoms with van der Waals surface area (Å²) in [6, 6.07) is 80.7. The van der Waals surface area contributed by atoms with Gasteiger partial charge in [-0.1, -0.05) is 176 Å². The molecule has 0 fully saturated rings. The average Bonchev–Trinajstić information content (AvgIpc) is 3.67. The fraction of sp³-hybridized carbons (Fsp3) is 0. The molecule has 0 aliphatic carbocycles. The van der Waals surface area contributed by atoms with E-state index in [1.807, 2.05) is 0 Å². The van der Waals surface area contributed by atoms with E-state index in [9.17, 15) is 0 Å². The van der Waals surface area contributed by atoms with Crippen LogP contribution in [0.4, 0.5) is 17.1 Å². The molecule has 0 radical (unpaired) electrons. The second kappa shape index (κ2) is 14.1. The number of nitrogens with zero attached hydrogens (tertiary/aromatic N) is 1. The number of benzene rings is 10. The van der Waals surface area contributed by atoms with Crippen LogP contribution in [0.3, 0.4) is 0 Å². The third kappa shape index (κ3) is 5.91. The Morgan fingerprint density at radius 3 is 1.69 bits per heavy atom. The predicted octanol–water partition coefficient (Wildman–Crippen LogP) is 16.0. The van der Waals surface area contributed by atoms with E-state index in [4.69, 9.17) is 4.42 Å². The molecule has 0 saturated heterocycles. The highest BCUT2D eigenvalue weighted by molar-refractivity contribution is 6.13. The number of anilines is 3. The highest BCUT2D eigenvalue weighted by Crippen LogP contribution is 2.45. The lowest BCUT2D eigenvalue weighted by Gasteiger charge is -2.29. The first-order valence-electron chi connectivity index (χ1n) is 19.8. The van der Waals surface area contributed by atoms with Gasteiger partial charge in [0.2, 0.25) is 0 Å². The van der Waals surface area contributed by atoms with E-state index >= 15 is 0 Å². The molecule has 2 nitrogen and oxygen atoms in total. The van der Waals surface area contributed by atoms with Gasteiger partial charge in [-0.15, -0.1) is 0 Å². The number of hydrogen-bond acceptors (Lipinski definition) is 2. The van der Waals surface area contributed by atoms with E-state index in [1.54, 1.807) is 0 Å². The number of hydrogen-bond donors (Lipinski definition) is 0. The molecule has 11 rings (SSSR count). The van der Waals surface area contributed by atoms with E-state index in [-0.39, 0.29) is 0 Å². The van der Waals surface area contributed by atoms with Crippen molar-refractivity contribution >= 4 is 60.5 Å². The van der Waals surface area contributed by atoms with Crippen molar-refractivity contribution in [2.45, 2.75) is 0 Å². The van der Waals surface area contributed by atoms with Crippen LogP contribution in [0.5, 0.6) is 0 Å². The van der Waals surface area contributed by atoms with Gasteiger partial charge in [-0.25, -0.2) is 0 Å². The lowest BCUT2D eigenvalue weighted by atomic mass is 9.94. The van der Waals surface area contributed by atoms with Gasteiger partial charge in [-0.05, 0) is 103 Å². The van der Waals surface area contributed by atoms with Crippen LogP contribution in [0, 0.1) is 0 Å². The van der Waals surface area contributed by atoms with Crippen molar-refractivity contribution in [3.05, 3.63) is 224 Å². The summed E-state index contributed by atoms with van der Waals surface area (Å²) >= 11 is 0. The van der Waals surface area contributed by atoms with Crippen molar-refractivity contribution < 1.29 is 4.42 Å². The number of furan rings is 1. The van der Waals surface area contributed by atoms with E-state index < -0.39 is 0 Å². The van der Waals surface area contributed by atoms with E-state index in [1.165, 1.54) is 38.2 Å². The van der Waals surface area contributed by atoms with Crippen molar-refractivity contribution in [1.29, 1.82) is 0 Å². The maximum absolute atomic E-state index is 6.73. The summed E-state index contributed by atoms with van der Waals surface area (Å²) in [6.45, 7) is 0. The van der Waals surface area contributed by atoms with Crippen LogP contribution in [0.25, 0.3) is 88.0 Å². The lowest BCUT2D eigenvalue weighted by Crippen LogP contribution is -2.11. The summed E-state index contributed by atoms with van der Waals surface area (Å²) in [7, 11) is 0. The van der Waals surface area contributed by atoms with Crippen LogP contribution in [0.15, 0.2) is 229 Å². The minimum absolute atomic E-state index is 0.899. The van der Waals surface area contributed by atoms with Gasteiger partial charge in [0.1, 0.15) is 11.2 Å². The molecule has 0 amide bonds. The number of fused-ring (bicyclic) bond motifs is 5. The van der Waals surface area contributed by atoms with Gasteiger partial charge in [0.15, 0.2) is 0 Å².